The molecule has 18 heavy (non-hydrogen) atoms. The molecule has 3 N–H and O–H groups in total. The molecule has 0 aromatic heterocycles. The number of aliphatic hydroxyl groups is 3. The number of ether oxygens (including phenoxy) is 1. The molecule has 100 valence electrons. The zero-order chi connectivity index (χ0) is 13.6. The molecule has 0 saturated carbocycles. The van der Waals surface area contributed by atoms with Crippen molar-refractivity contribution in [1.82, 2.24) is 0 Å². The second kappa shape index (κ2) is 6.29. The lowest BCUT2D eigenvalue weighted by Gasteiger charge is -2.22. The van der Waals surface area contributed by atoms with Crippen molar-refractivity contribution in [3.63, 3.8) is 0 Å². The second-order valence-corrected chi connectivity index (χ2v) is 3.89. The quantitative estimate of drug-likeness (QED) is 0.471. The van der Waals surface area contributed by atoms with E-state index in [4.69, 9.17) is 14.9 Å². The largest absolute Gasteiger partial charge is 0.493 e. The molecule has 0 fully saturated rings. The van der Waals surface area contributed by atoms with E-state index in [0.717, 1.165) is 0 Å². The summed E-state index contributed by atoms with van der Waals surface area (Å²) in [6.07, 6.45) is 0.0526. The summed E-state index contributed by atoms with van der Waals surface area (Å²) in [6, 6.07) is 5.49. The molecule has 0 saturated heterocycles. The molecule has 7 nitrogen and oxygen atoms in total. The van der Waals surface area contributed by atoms with E-state index in [1.807, 2.05) is 0 Å². The fraction of sp³-hybridized carbons (Fsp3) is 0.455. The van der Waals surface area contributed by atoms with Crippen molar-refractivity contribution in [2.24, 2.45) is 0 Å². The van der Waals surface area contributed by atoms with E-state index in [1.54, 1.807) is 0 Å². The molecule has 0 bridgehead atoms. The van der Waals surface area contributed by atoms with Crippen LogP contribution in [0.1, 0.15) is 6.42 Å². The first kappa shape index (κ1) is 14.4. The summed E-state index contributed by atoms with van der Waals surface area (Å²) in [6.45, 7) is -1.05. The van der Waals surface area contributed by atoms with Crippen molar-refractivity contribution in [2.45, 2.75) is 12.0 Å². The Kier molecular flexibility index (Phi) is 5.02. The standard InChI is InChI=1S/C11H15NO6/c13-7-11(15,8-14)5-6-18-10-3-1-9(2-4-10)12(16)17/h1-4,13-15H,5-8H2. The topological polar surface area (TPSA) is 113 Å². The molecule has 0 atom stereocenters. The maximum atomic E-state index is 10.4. The molecule has 1 aromatic carbocycles. The lowest BCUT2D eigenvalue weighted by atomic mass is 10.0. The third-order valence-electron chi connectivity index (χ3n) is 2.47. The molecule has 7 heteroatoms. The Morgan fingerprint density at radius 3 is 2.22 bits per heavy atom. The van der Waals surface area contributed by atoms with Gasteiger partial charge in [-0.05, 0) is 12.1 Å². The lowest BCUT2D eigenvalue weighted by molar-refractivity contribution is -0.384. The van der Waals surface area contributed by atoms with Crippen LogP contribution in [0.3, 0.4) is 0 Å². The highest BCUT2D eigenvalue weighted by atomic mass is 16.6. The van der Waals surface area contributed by atoms with Crippen LogP contribution < -0.4 is 4.74 Å². The van der Waals surface area contributed by atoms with Crippen LogP contribution in [0.25, 0.3) is 0 Å². The van der Waals surface area contributed by atoms with Crippen molar-refractivity contribution >= 4 is 5.69 Å². The first-order valence-corrected chi connectivity index (χ1v) is 5.32. The second-order valence-electron chi connectivity index (χ2n) is 3.89. The SMILES string of the molecule is O=[N+]([O-])c1ccc(OCCC(O)(CO)CO)cc1. The van der Waals surface area contributed by atoms with Crippen LogP contribution in [0.2, 0.25) is 0 Å². The van der Waals surface area contributed by atoms with Crippen LogP contribution in [0, 0.1) is 10.1 Å². The van der Waals surface area contributed by atoms with Gasteiger partial charge in [-0.1, -0.05) is 0 Å². The number of nitrogens with zero attached hydrogens (tertiary/aromatic N) is 1. The predicted molar refractivity (Wildman–Crippen MR) is 62.3 cm³/mol. The molecule has 0 unspecified atom stereocenters. The molecular weight excluding hydrogens is 242 g/mol. The number of hydrogen-bond acceptors (Lipinski definition) is 6. The van der Waals surface area contributed by atoms with Crippen molar-refractivity contribution in [3.05, 3.63) is 34.4 Å². The summed E-state index contributed by atoms with van der Waals surface area (Å²) in [4.78, 5) is 9.90. The van der Waals surface area contributed by atoms with E-state index in [2.05, 4.69) is 0 Å². The number of aliphatic hydroxyl groups excluding tert-OH is 2. The highest BCUT2D eigenvalue weighted by Crippen LogP contribution is 2.18. The number of benzene rings is 1. The first-order chi connectivity index (χ1) is 8.50. The van der Waals surface area contributed by atoms with Crippen molar-refractivity contribution in [2.75, 3.05) is 19.8 Å². The molecule has 0 aliphatic rings. The zero-order valence-corrected chi connectivity index (χ0v) is 9.65. The number of rotatable bonds is 7. The fourth-order valence-corrected chi connectivity index (χ4v) is 1.23. The Balaban J connectivity index is 2.47. The maximum Gasteiger partial charge on any atom is 0.269 e. The molecule has 0 aliphatic heterocycles. The van der Waals surface area contributed by atoms with Gasteiger partial charge in [-0.3, -0.25) is 10.1 Å². The third kappa shape index (κ3) is 3.95. The molecule has 0 aliphatic carbocycles. The Morgan fingerprint density at radius 1 is 1.22 bits per heavy atom. The maximum absolute atomic E-state index is 10.4. The van der Waals surface area contributed by atoms with Gasteiger partial charge in [-0.2, -0.15) is 0 Å². The summed E-state index contributed by atoms with van der Waals surface area (Å²) in [5.74, 6) is 0.416. The van der Waals surface area contributed by atoms with Crippen molar-refractivity contribution in [3.8, 4) is 5.75 Å². The van der Waals surface area contributed by atoms with Gasteiger partial charge in [0.15, 0.2) is 0 Å². The Bertz CT molecular complexity index is 387. The number of hydrogen-bond donors (Lipinski definition) is 3. The predicted octanol–water partition coefficient (Wildman–Crippen LogP) is 0.0794. The van der Waals surface area contributed by atoms with Gasteiger partial charge in [0.05, 0.1) is 24.7 Å². The molecule has 0 spiro atoms. The van der Waals surface area contributed by atoms with Gasteiger partial charge >= 0.3 is 0 Å². The summed E-state index contributed by atoms with van der Waals surface area (Å²) < 4.78 is 5.24. The van der Waals surface area contributed by atoms with Gasteiger partial charge < -0.3 is 20.1 Å². The molecule has 0 amide bonds. The van der Waals surface area contributed by atoms with Gasteiger partial charge in [-0.15, -0.1) is 0 Å². The highest BCUT2D eigenvalue weighted by molar-refractivity contribution is 5.35. The minimum atomic E-state index is -1.57. The van der Waals surface area contributed by atoms with E-state index < -0.39 is 23.7 Å². The van der Waals surface area contributed by atoms with E-state index >= 15 is 0 Å². The van der Waals surface area contributed by atoms with Crippen LogP contribution >= 0.6 is 0 Å². The summed E-state index contributed by atoms with van der Waals surface area (Å²) >= 11 is 0. The lowest BCUT2D eigenvalue weighted by Crippen LogP contribution is -2.39. The number of nitro benzene ring substituents is 1. The van der Waals surface area contributed by atoms with E-state index in [0.29, 0.717) is 5.75 Å². The fourth-order valence-electron chi connectivity index (χ4n) is 1.23. The van der Waals surface area contributed by atoms with Crippen molar-refractivity contribution < 1.29 is 25.0 Å². The number of non-ortho nitro benzene ring substituents is 1. The van der Waals surface area contributed by atoms with Gasteiger partial charge in [-0.25, -0.2) is 0 Å². The van der Waals surface area contributed by atoms with Crippen LogP contribution in [0.4, 0.5) is 5.69 Å². The average Bonchev–Trinajstić information content (AvgIpc) is 2.39. The third-order valence-corrected chi connectivity index (χ3v) is 2.47. The van der Waals surface area contributed by atoms with Crippen molar-refractivity contribution in [1.29, 1.82) is 0 Å². The average molecular weight is 257 g/mol. The Hall–Kier alpha value is -1.70. The Morgan fingerprint density at radius 2 is 1.78 bits per heavy atom. The van der Waals surface area contributed by atoms with Crippen LogP contribution in [-0.4, -0.2) is 45.7 Å². The van der Waals surface area contributed by atoms with Gasteiger partial charge in [0, 0.05) is 18.6 Å². The Labute approximate surface area is 103 Å². The summed E-state index contributed by atoms with van der Waals surface area (Å²) in [7, 11) is 0. The van der Waals surface area contributed by atoms with Crippen LogP contribution in [-0.2, 0) is 0 Å². The van der Waals surface area contributed by atoms with E-state index in [-0.39, 0.29) is 18.7 Å². The molecule has 1 aromatic rings. The summed E-state index contributed by atoms with van der Waals surface area (Å²) in [5.41, 5.74) is -1.61. The molecule has 0 heterocycles. The van der Waals surface area contributed by atoms with E-state index in [1.165, 1.54) is 24.3 Å². The summed E-state index contributed by atoms with van der Waals surface area (Å²) in [5, 5.41) is 37.6. The van der Waals surface area contributed by atoms with Crippen LogP contribution in [0.5, 0.6) is 5.75 Å². The molecule has 0 radical (unpaired) electrons. The minimum Gasteiger partial charge on any atom is -0.493 e. The first-order valence-electron chi connectivity index (χ1n) is 5.32. The molecular formula is C11H15NO6. The number of nitro groups is 1. The van der Waals surface area contributed by atoms with Gasteiger partial charge in [0.25, 0.3) is 5.69 Å². The van der Waals surface area contributed by atoms with Gasteiger partial charge in [0.1, 0.15) is 11.4 Å². The smallest absolute Gasteiger partial charge is 0.269 e. The molecule has 1 rings (SSSR count). The van der Waals surface area contributed by atoms with E-state index in [9.17, 15) is 15.2 Å². The highest BCUT2D eigenvalue weighted by Gasteiger charge is 2.24. The normalized spacial score (nSPS) is 11.3. The monoisotopic (exact) mass is 257 g/mol. The minimum absolute atomic E-state index is 0.0374. The van der Waals surface area contributed by atoms with Crippen LogP contribution in [0.15, 0.2) is 24.3 Å². The van der Waals surface area contributed by atoms with Gasteiger partial charge in [0.2, 0.25) is 0 Å². The zero-order valence-electron chi connectivity index (χ0n) is 9.65.